The Bertz CT molecular complexity index is 492. The lowest BCUT2D eigenvalue weighted by Crippen LogP contribution is -2.26. The zero-order valence-electron chi connectivity index (χ0n) is 10.8. The van der Waals surface area contributed by atoms with Crippen LogP contribution in [-0.2, 0) is 9.53 Å². The van der Waals surface area contributed by atoms with E-state index >= 15 is 0 Å². The first-order chi connectivity index (χ1) is 8.99. The van der Waals surface area contributed by atoms with Crippen LogP contribution in [0.4, 0.5) is 5.13 Å². The minimum atomic E-state index is -1.01. The van der Waals surface area contributed by atoms with Crippen LogP contribution in [0.15, 0.2) is 0 Å². The van der Waals surface area contributed by atoms with Crippen LogP contribution < -0.4 is 5.32 Å². The summed E-state index contributed by atoms with van der Waals surface area (Å²) in [4.78, 5) is 27.3. The normalized spacial score (nSPS) is 18.8. The number of carboxylic acid groups (broad SMARTS) is 1. The van der Waals surface area contributed by atoms with Crippen molar-refractivity contribution in [3.8, 4) is 0 Å². The van der Waals surface area contributed by atoms with Gasteiger partial charge in [0.15, 0.2) is 5.13 Å². The minimum absolute atomic E-state index is 0.00395. The molecule has 2 rings (SSSR count). The molecule has 0 aliphatic carbocycles. The number of thiazole rings is 1. The number of rotatable bonds is 4. The van der Waals surface area contributed by atoms with Crippen molar-refractivity contribution in [2.24, 2.45) is 0 Å². The zero-order chi connectivity index (χ0) is 14.0. The highest BCUT2D eigenvalue weighted by Crippen LogP contribution is 2.28. The molecule has 1 unspecified atom stereocenters. The second-order valence-electron chi connectivity index (χ2n) is 4.68. The molecule has 0 aromatic carbocycles. The molecule has 1 fully saturated rings. The summed E-state index contributed by atoms with van der Waals surface area (Å²) in [6.07, 6.45) is 1.12. The third kappa shape index (κ3) is 3.10. The first kappa shape index (κ1) is 14.0. The van der Waals surface area contributed by atoms with Crippen molar-refractivity contribution in [2.75, 3.05) is 11.9 Å². The molecule has 1 saturated heterocycles. The van der Waals surface area contributed by atoms with Gasteiger partial charge in [-0.15, -0.1) is 0 Å². The Kier molecular flexibility index (Phi) is 4.16. The molecule has 1 aromatic rings. The predicted octanol–water partition coefficient (Wildman–Crippen LogP) is 2.08. The van der Waals surface area contributed by atoms with Crippen molar-refractivity contribution in [3.05, 3.63) is 10.6 Å². The van der Waals surface area contributed by atoms with Gasteiger partial charge in [-0.05, 0) is 18.8 Å². The van der Waals surface area contributed by atoms with E-state index in [1.807, 2.05) is 13.8 Å². The van der Waals surface area contributed by atoms with Crippen molar-refractivity contribution in [2.45, 2.75) is 38.7 Å². The second-order valence-corrected chi connectivity index (χ2v) is 5.68. The van der Waals surface area contributed by atoms with Crippen LogP contribution in [-0.4, -0.2) is 34.7 Å². The Morgan fingerprint density at radius 3 is 2.74 bits per heavy atom. The van der Waals surface area contributed by atoms with Gasteiger partial charge in [-0.3, -0.25) is 10.1 Å². The molecule has 2 N–H and O–H groups in total. The van der Waals surface area contributed by atoms with Gasteiger partial charge in [0.2, 0.25) is 0 Å². The van der Waals surface area contributed by atoms with Gasteiger partial charge in [0.1, 0.15) is 11.0 Å². The largest absolute Gasteiger partial charge is 0.477 e. The SMILES string of the molecule is CC(C)c1nc(NC(=O)C2CCCO2)sc1C(=O)O. The van der Waals surface area contributed by atoms with Crippen LogP contribution >= 0.6 is 11.3 Å². The number of amides is 1. The van der Waals surface area contributed by atoms with Crippen molar-refractivity contribution in [1.29, 1.82) is 0 Å². The summed E-state index contributed by atoms with van der Waals surface area (Å²) in [6, 6.07) is 0. The van der Waals surface area contributed by atoms with E-state index in [-0.39, 0.29) is 16.7 Å². The van der Waals surface area contributed by atoms with Gasteiger partial charge in [-0.2, -0.15) is 0 Å². The summed E-state index contributed by atoms with van der Waals surface area (Å²) in [6.45, 7) is 4.33. The summed E-state index contributed by atoms with van der Waals surface area (Å²) in [5.74, 6) is -1.27. The Labute approximate surface area is 114 Å². The van der Waals surface area contributed by atoms with Crippen LogP contribution in [0.3, 0.4) is 0 Å². The summed E-state index contributed by atoms with van der Waals surface area (Å²) in [7, 11) is 0. The van der Waals surface area contributed by atoms with Gasteiger partial charge in [0, 0.05) is 6.61 Å². The molecule has 0 spiro atoms. The third-order valence-corrected chi connectivity index (χ3v) is 3.82. The monoisotopic (exact) mass is 284 g/mol. The van der Waals surface area contributed by atoms with E-state index in [0.29, 0.717) is 23.9 Å². The smallest absolute Gasteiger partial charge is 0.347 e. The zero-order valence-corrected chi connectivity index (χ0v) is 11.6. The number of aromatic nitrogens is 1. The average molecular weight is 284 g/mol. The van der Waals surface area contributed by atoms with Gasteiger partial charge >= 0.3 is 5.97 Å². The number of carbonyl (C=O) groups excluding carboxylic acids is 1. The fraction of sp³-hybridized carbons (Fsp3) is 0.583. The lowest BCUT2D eigenvalue weighted by molar-refractivity contribution is -0.124. The summed E-state index contributed by atoms with van der Waals surface area (Å²) in [5.41, 5.74) is 0.500. The molecule has 0 radical (unpaired) electrons. The number of aromatic carboxylic acids is 1. The Balaban J connectivity index is 2.14. The maximum atomic E-state index is 11.9. The van der Waals surface area contributed by atoms with Crippen molar-refractivity contribution < 1.29 is 19.4 Å². The molecule has 2 heterocycles. The number of ether oxygens (including phenoxy) is 1. The number of carbonyl (C=O) groups is 2. The summed E-state index contributed by atoms with van der Waals surface area (Å²) >= 11 is 0.985. The molecule has 7 heteroatoms. The highest BCUT2D eigenvalue weighted by Gasteiger charge is 2.26. The predicted molar refractivity (Wildman–Crippen MR) is 70.8 cm³/mol. The fourth-order valence-electron chi connectivity index (χ4n) is 1.90. The molecular formula is C12H16N2O4S. The molecule has 0 saturated carbocycles. The van der Waals surface area contributed by atoms with Gasteiger partial charge in [0.25, 0.3) is 5.91 Å². The van der Waals surface area contributed by atoms with E-state index in [0.717, 1.165) is 17.8 Å². The number of carboxylic acids is 1. The van der Waals surface area contributed by atoms with Gasteiger partial charge in [0.05, 0.1) is 5.69 Å². The maximum absolute atomic E-state index is 11.9. The van der Waals surface area contributed by atoms with Gasteiger partial charge in [-0.1, -0.05) is 25.2 Å². The highest BCUT2D eigenvalue weighted by molar-refractivity contribution is 7.17. The lowest BCUT2D eigenvalue weighted by Gasteiger charge is -2.07. The van der Waals surface area contributed by atoms with Crippen molar-refractivity contribution in [1.82, 2.24) is 4.98 Å². The van der Waals surface area contributed by atoms with E-state index in [1.165, 1.54) is 0 Å². The van der Waals surface area contributed by atoms with E-state index in [2.05, 4.69) is 10.3 Å². The van der Waals surface area contributed by atoms with E-state index < -0.39 is 12.1 Å². The first-order valence-electron chi connectivity index (χ1n) is 6.15. The quantitative estimate of drug-likeness (QED) is 0.883. The third-order valence-electron chi connectivity index (χ3n) is 2.85. The van der Waals surface area contributed by atoms with Gasteiger partial charge < -0.3 is 9.84 Å². The Hall–Kier alpha value is -1.47. The molecule has 1 aliphatic rings. The topological polar surface area (TPSA) is 88.5 Å². The fourth-order valence-corrected chi connectivity index (χ4v) is 2.86. The van der Waals surface area contributed by atoms with Crippen LogP contribution in [0, 0.1) is 0 Å². The van der Waals surface area contributed by atoms with Crippen LogP contribution in [0.25, 0.3) is 0 Å². The molecular weight excluding hydrogens is 268 g/mol. The average Bonchev–Trinajstić information content (AvgIpc) is 2.97. The minimum Gasteiger partial charge on any atom is -0.477 e. The molecule has 1 amide bonds. The summed E-state index contributed by atoms with van der Waals surface area (Å²) < 4.78 is 5.27. The van der Waals surface area contributed by atoms with Crippen molar-refractivity contribution >= 4 is 28.3 Å². The lowest BCUT2D eigenvalue weighted by atomic mass is 10.1. The Morgan fingerprint density at radius 1 is 1.53 bits per heavy atom. The van der Waals surface area contributed by atoms with E-state index in [1.54, 1.807) is 0 Å². The van der Waals surface area contributed by atoms with Crippen LogP contribution in [0.5, 0.6) is 0 Å². The standard InChI is InChI=1S/C12H16N2O4S/c1-6(2)8-9(11(16)17)19-12(13-8)14-10(15)7-4-3-5-18-7/h6-7H,3-5H2,1-2H3,(H,16,17)(H,13,14,15). The molecule has 1 atom stereocenters. The number of nitrogens with zero attached hydrogens (tertiary/aromatic N) is 1. The van der Waals surface area contributed by atoms with Crippen molar-refractivity contribution in [3.63, 3.8) is 0 Å². The number of nitrogens with one attached hydrogen (secondary N) is 1. The first-order valence-corrected chi connectivity index (χ1v) is 6.97. The maximum Gasteiger partial charge on any atom is 0.347 e. The summed E-state index contributed by atoms with van der Waals surface area (Å²) in [5, 5.41) is 12.1. The molecule has 0 bridgehead atoms. The van der Waals surface area contributed by atoms with Crippen LogP contribution in [0.1, 0.15) is 48.0 Å². The molecule has 1 aliphatic heterocycles. The molecule has 19 heavy (non-hydrogen) atoms. The van der Waals surface area contributed by atoms with E-state index in [9.17, 15) is 9.59 Å². The number of hydrogen-bond acceptors (Lipinski definition) is 5. The molecule has 104 valence electrons. The highest BCUT2D eigenvalue weighted by atomic mass is 32.1. The second kappa shape index (κ2) is 5.66. The Morgan fingerprint density at radius 2 is 2.26 bits per heavy atom. The molecule has 1 aromatic heterocycles. The number of anilines is 1. The molecule has 6 nitrogen and oxygen atoms in total. The van der Waals surface area contributed by atoms with Crippen LogP contribution in [0.2, 0.25) is 0 Å². The number of hydrogen-bond donors (Lipinski definition) is 2. The van der Waals surface area contributed by atoms with Gasteiger partial charge in [-0.25, -0.2) is 9.78 Å². The van der Waals surface area contributed by atoms with E-state index in [4.69, 9.17) is 9.84 Å².